The van der Waals surface area contributed by atoms with Gasteiger partial charge in [0.2, 0.25) is 0 Å². The predicted octanol–water partition coefficient (Wildman–Crippen LogP) is 2.07. The summed E-state index contributed by atoms with van der Waals surface area (Å²) in [6, 6.07) is 7.55. The molecule has 0 aliphatic heterocycles. The molecule has 0 aromatic heterocycles. The van der Waals surface area contributed by atoms with Gasteiger partial charge in [0, 0.05) is 0 Å². The second kappa shape index (κ2) is 3.05. The Morgan fingerprint density at radius 1 is 1.46 bits per heavy atom. The van der Waals surface area contributed by atoms with Crippen LogP contribution < -0.4 is 0 Å². The molecule has 1 aromatic carbocycles. The molecule has 2 heteroatoms. The van der Waals surface area contributed by atoms with E-state index in [0.717, 1.165) is 11.1 Å². The predicted molar refractivity (Wildman–Crippen MR) is 49.1 cm³/mol. The lowest BCUT2D eigenvalue weighted by Gasteiger charge is -2.16. The molecule has 0 saturated carbocycles. The van der Waals surface area contributed by atoms with E-state index in [2.05, 4.69) is 6.08 Å². The van der Waals surface area contributed by atoms with Crippen LogP contribution in [0.5, 0.6) is 0 Å². The van der Waals surface area contributed by atoms with Gasteiger partial charge in [-0.15, -0.1) is 0 Å². The van der Waals surface area contributed by atoms with Crippen LogP contribution in [0.15, 0.2) is 24.3 Å². The number of carboxylic acids is 1. The van der Waals surface area contributed by atoms with Gasteiger partial charge in [0.15, 0.2) is 0 Å². The molecule has 1 N–H and O–H groups in total. The molecule has 13 heavy (non-hydrogen) atoms. The molecule has 2 nitrogen and oxygen atoms in total. The van der Waals surface area contributed by atoms with Gasteiger partial charge < -0.3 is 5.11 Å². The summed E-state index contributed by atoms with van der Waals surface area (Å²) in [5.74, 6) is -1.19. The highest BCUT2D eigenvalue weighted by Gasteiger charge is 2.22. The van der Waals surface area contributed by atoms with Crippen LogP contribution in [0.1, 0.15) is 23.5 Å². The van der Waals surface area contributed by atoms with Crippen LogP contribution in [0.2, 0.25) is 0 Å². The Balaban J connectivity index is 2.49. The quantitative estimate of drug-likeness (QED) is 0.705. The average molecular weight is 173 g/mol. The SMILES string of the molecule is O=C(O)C1C[C]=Cc2ccccc21. The fraction of sp³-hybridized carbons (Fsp3) is 0.182. The maximum Gasteiger partial charge on any atom is 0.311 e. The first-order valence-corrected chi connectivity index (χ1v) is 4.17. The van der Waals surface area contributed by atoms with Crippen molar-refractivity contribution in [2.24, 2.45) is 0 Å². The van der Waals surface area contributed by atoms with Gasteiger partial charge in [0.25, 0.3) is 0 Å². The summed E-state index contributed by atoms with van der Waals surface area (Å²) in [6.45, 7) is 0. The van der Waals surface area contributed by atoms with Gasteiger partial charge in [-0.2, -0.15) is 0 Å². The molecule has 1 unspecified atom stereocenters. The minimum atomic E-state index is -0.770. The monoisotopic (exact) mass is 173 g/mol. The number of hydrogen-bond acceptors (Lipinski definition) is 1. The third kappa shape index (κ3) is 1.35. The second-order valence-corrected chi connectivity index (χ2v) is 3.07. The van der Waals surface area contributed by atoms with Crippen molar-refractivity contribution < 1.29 is 9.90 Å². The van der Waals surface area contributed by atoms with Crippen LogP contribution >= 0.6 is 0 Å². The molecule has 1 aromatic rings. The van der Waals surface area contributed by atoms with Gasteiger partial charge in [0.1, 0.15) is 0 Å². The van der Waals surface area contributed by atoms with E-state index in [4.69, 9.17) is 5.11 Å². The van der Waals surface area contributed by atoms with Gasteiger partial charge >= 0.3 is 5.97 Å². The van der Waals surface area contributed by atoms with Gasteiger partial charge in [-0.3, -0.25) is 4.79 Å². The number of allylic oxidation sites excluding steroid dienone is 1. The zero-order valence-corrected chi connectivity index (χ0v) is 7.03. The van der Waals surface area contributed by atoms with Crippen molar-refractivity contribution >= 4 is 12.0 Å². The first kappa shape index (κ1) is 8.05. The molecular weight excluding hydrogens is 164 g/mol. The van der Waals surface area contributed by atoms with Crippen LogP contribution in [-0.4, -0.2) is 11.1 Å². The van der Waals surface area contributed by atoms with Crippen molar-refractivity contribution in [3.05, 3.63) is 41.5 Å². The Bertz CT molecular complexity index is 366. The zero-order valence-electron chi connectivity index (χ0n) is 7.03. The molecule has 1 aliphatic carbocycles. The number of rotatable bonds is 1. The van der Waals surface area contributed by atoms with Crippen LogP contribution in [-0.2, 0) is 4.79 Å². The standard InChI is InChI=1S/C11H9O2/c12-11(13)10-7-3-5-8-4-1-2-6-9(8)10/h1-2,4-6,10H,7H2,(H,12,13). The fourth-order valence-electron chi connectivity index (χ4n) is 1.58. The highest BCUT2D eigenvalue weighted by Crippen LogP contribution is 2.28. The number of carboxylic acid groups (broad SMARTS) is 1. The average Bonchev–Trinajstić information content (AvgIpc) is 2.17. The molecule has 1 radical (unpaired) electrons. The Kier molecular flexibility index (Phi) is 1.89. The molecule has 0 saturated heterocycles. The summed E-state index contributed by atoms with van der Waals surface area (Å²) in [4.78, 5) is 10.9. The minimum Gasteiger partial charge on any atom is -0.481 e. The number of hydrogen-bond donors (Lipinski definition) is 1. The Morgan fingerprint density at radius 3 is 3.00 bits per heavy atom. The van der Waals surface area contributed by atoms with Crippen molar-refractivity contribution in [2.45, 2.75) is 12.3 Å². The Hall–Kier alpha value is -1.57. The maximum atomic E-state index is 10.9. The number of fused-ring (bicyclic) bond motifs is 1. The third-order valence-corrected chi connectivity index (χ3v) is 2.25. The molecule has 1 aliphatic rings. The van der Waals surface area contributed by atoms with Gasteiger partial charge in [-0.1, -0.05) is 30.3 Å². The normalized spacial score (nSPS) is 19.5. The number of carbonyl (C=O) groups is 1. The minimum absolute atomic E-state index is 0.416. The molecule has 65 valence electrons. The first-order valence-electron chi connectivity index (χ1n) is 4.17. The van der Waals surface area contributed by atoms with Crippen molar-refractivity contribution in [2.75, 3.05) is 0 Å². The molecule has 2 rings (SSSR count). The second-order valence-electron chi connectivity index (χ2n) is 3.07. The van der Waals surface area contributed by atoms with Crippen LogP contribution in [0.4, 0.5) is 0 Å². The van der Waals surface area contributed by atoms with Crippen molar-refractivity contribution in [1.82, 2.24) is 0 Å². The topological polar surface area (TPSA) is 37.3 Å². The summed E-state index contributed by atoms with van der Waals surface area (Å²) in [5.41, 5.74) is 1.87. The fourth-order valence-corrected chi connectivity index (χ4v) is 1.58. The van der Waals surface area contributed by atoms with Gasteiger partial charge in [-0.25, -0.2) is 0 Å². The molecule has 0 fully saturated rings. The summed E-state index contributed by atoms with van der Waals surface area (Å²) < 4.78 is 0. The smallest absolute Gasteiger partial charge is 0.311 e. The van der Waals surface area contributed by atoms with E-state index in [1.807, 2.05) is 30.3 Å². The van der Waals surface area contributed by atoms with Crippen LogP contribution in [0.3, 0.4) is 0 Å². The van der Waals surface area contributed by atoms with E-state index >= 15 is 0 Å². The largest absolute Gasteiger partial charge is 0.481 e. The lowest BCUT2D eigenvalue weighted by atomic mass is 9.87. The van der Waals surface area contributed by atoms with Crippen LogP contribution in [0.25, 0.3) is 6.08 Å². The maximum absolute atomic E-state index is 10.9. The third-order valence-electron chi connectivity index (χ3n) is 2.25. The van der Waals surface area contributed by atoms with Crippen molar-refractivity contribution in [3.8, 4) is 0 Å². The molecule has 0 bridgehead atoms. The summed E-state index contributed by atoms with van der Waals surface area (Å²) >= 11 is 0. The number of benzene rings is 1. The highest BCUT2D eigenvalue weighted by molar-refractivity contribution is 5.79. The Morgan fingerprint density at radius 2 is 2.23 bits per heavy atom. The molecule has 0 spiro atoms. The van der Waals surface area contributed by atoms with E-state index in [9.17, 15) is 4.79 Å². The zero-order chi connectivity index (χ0) is 9.26. The van der Waals surface area contributed by atoms with E-state index in [-0.39, 0.29) is 0 Å². The lowest BCUT2D eigenvalue weighted by Crippen LogP contribution is -2.14. The molecule has 0 heterocycles. The van der Waals surface area contributed by atoms with Crippen LogP contribution in [0, 0.1) is 6.08 Å². The van der Waals surface area contributed by atoms with E-state index in [1.54, 1.807) is 0 Å². The summed E-state index contributed by atoms with van der Waals surface area (Å²) in [7, 11) is 0. The van der Waals surface area contributed by atoms with Gasteiger partial charge in [-0.05, 0) is 23.6 Å². The number of aliphatic carboxylic acids is 1. The molecular formula is C11H9O2. The summed E-state index contributed by atoms with van der Waals surface area (Å²) in [6.07, 6.45) is 5.30. The van der Waals surface area contributed by atoms with E-state index < -0.39 is 11.9 Å². The molecule has 0 amide bonds. The van der Waals surface area contributed by atoms with Crippen molar-refractivity contribution in [1.29, 1.82) is 0 Å². The summed E-state index contributed by atoms with van der Waals surface area (Å²) in [5, 5.41) is 8.93. The van der Waals surface area contributed by atoms with Crippen molar-refractivity contribution in [3.63, 3.8) is 0 Å². The van der Waals surface area contributed by atoms with E-state index in [0.29, 0.717) is 6.42 Å². The molecule has 1 atom stereocenters. The lowest BCUT2D eigenvalue weighted by molar-refractivity contribution is -0.138. The Labute approximate surface area is 76.5 Å². The highest BCUT2D eigenvalue weighted by atomic mass is 16.4. The first-order chi connectivity index (χ1) is 6.29. The van der Waals surface area contributed by atoms with E-state index in [1.165, 1.54) is 0 Å². The van der Waals surface area contributed by atoms with Gasteiger partial charge in [0.05, 0.1) is 5.92 Å².